The fraction of sp³-hybridized carbons (Fsp3) is 0.222. The van der Waals surface area contributed by atoms with Gasteiger partial charge in [0, 0.05) is 21.8 Å². The number of carbonyl (C=O) groups is 2. The first-order valence-electron chi connectivity index (χ1n) is 7.26. The molecule has 1 aliphatic rings. The van der Waals surface area contributed by atoms with Gasteiger partial charge < -0.3 is 5.32 Å². The quantitative estimate of drug-likeness (QED) is 0.834. The van der Waals surface area contributed by atoms with E-state index >= 15 is 0 Å². The van der Waals surface area contributed by atoms with Gasteiger partial charge in [0.05, 0.1) is 0 Å². The Bertz CT molecular complexity index is 733. The van der Waals surface area contributed by atoms with Crippen LogP contribution in [-0.4, -0.2) is 11.7 Å². The molecule has 0 unspecified atom stereocenters. The highest BCUT2D eigenvalue weighted by Gasteiger charge is 2.27. The lowest BCUT2D eigenvalue weighted by molar-refractivity contribution is 0.101. The third kappa shape index (κ3) is 3.20. The van der Waals surface area contributed by atoms with Crippen LogP contribution in [0.5, 0.6) is 0 Å². The molecule has 3 rings (SSSR count). The molecule has 0 saturated heterocycles. The highest BCUT2D eigenvalue weighted by Crippen LogP contribution is 2.43. The fourth-order valence-corrected chi connectivity index (χ4v) is 2.56. The minimum atomic E-state index is -0.195. The van der Waals surface area contributed by atoms with E-state index in [1.807, 2.05) is 12.1 Å². The van der Waals surface area contributed by atoms with Crippen LogP contribution in [0.2, 0.25) is 5.02 Å². The number of Topliss-reactive ketones (excluding diaryl/α,β-unsaturated/α-hetero) is 1. The Hall–Kier alpha value is -2.13. The molecule has 112 valence electrons. The maximum absolute atomic E-state index is 12.4. The van der Waals surface area contributed by atoms with Crippen LogP contribution in [0.4, 0.5) is 5.69 Å². The number of carbonyl (C=O) groups excluding carboxylic acids is 2. The first kappa shape index (κ1) is 14.8. The Morgan fingerprint density at radius 2 is 1.68 bits per heavy atom. The predicted octanol–water partition coefficient (Wildman–Crippen LogP) is 4.67. The second-order valence-corrected chi connectivity index (χ2v) is 6.03. The van der Waals surface area contributed by atoms with E-state index in [1.165, 1.54) is 6.92 Å². The Morgan fingerprint density at radius 3 is 2.27 bits per heavy atom. The molecule has 4 heteroatoms. The lowest BCUT2D eigenvalue weighted by atomic mass is 10.0. The maximum atomic E-state index is 12.4. The molecule has 22 heavy (non-hydrogen) atoms. The number of nitrogens with one attached hydrogen (secondary N) is 1. The summed E-state index contributed by atoms with van der Waals surface area (Å²) in [5, 5.41) is 3.52. The number of amides is 1. The SMILES string of the molecule is CC(=O)c1ccc(C2CC2)c(NC(=O)c2ccc(Cl)cc2)c1. The lowest BCUT2D eigenvalue weighted by Crippen LogP contribution is -2.13. The van der Waals surface area contributed by atoms with Gasteiger partial charge in [-0.3, -0.25) is 9.59 Å². The summed E-state index contributed by atoms with van der Waals surface area (Å²) in [4.78, 5) is 23.9. The third-order valence-corrected chi connectivity index (χ3v) is 4.08. The van der Waals surface area contributed by atoms with Gasteiger partial charge in [0.2, 0.25) is 0 Å². The highest BCUT2D eigenvalue weighted by molar-refractivity contribution is 6.30. The van der Waals surface area contributed by atoms with E-state index in [1.54, 1.807) is 30.3 Å². The van der Waals surface area contributed by atoms with Crippen molar-refractivity contribution in [2.75, 3.05) is 5.32 Å². The van der Waals surface area contributed by atoms with Crippen molar-refractivity contribution in [2.24, 2.45) is 0 Å². The Labute approximate surface area is 134 Å². The molecule has 1 saturated carbocycles. The Balaban J connectivity index is 1.89. The minimum Gasteiger partial charge on any atom is -0.322 e. The number of hydrogen-bond donors (Lipinski definition) is 1. The first-order valence-corrected chi connectivity index (χ1v) is 7.64. The smallest absolute Gasteiger partial charge is 0.255 e. The lowest BCUT2D eigenvalue weighted by Gasteiger charge is -2.12. The summed E-state index contributed by atoms with van der Waals surface area (Å²) in [6, 6.07) is 12.3. The summed E-state index contributed by atoms with van der Waals surface area (Å²) < 4.78 is 0. The molecule has 1 fully saturated rings. The van der Waals surface area contributed by atoms with E-state index in [9.17, 15) is 9.59 Å². The largest absolute Gasteiger partial charge is 0.322 e. The number of hydrogen-bond acceptors (Lipinski definition) is 2. The molecule has 2 aromatic rings. The van der Waals surface area contributed by atoms with E-state index in [0.717, 1.165) is 24.1 Å². The van der Waals surface area contributed by atoms with Gasteiger partial charge in [-0.1, -0.05) is 23.7 Å². The molecule has 1 amide bonds. The van der Waals surface area contributed by atoms with Crippen molar-refractivity contribution < 1.29 is 9.59 Å². The van der Waals surface area contributed by atoms with Gasteiger partial charge in [-0.25, -0.2) is 0 Å². The number of ketones is 1. The molecule has 1 aliphatic carbocycles. The number of halogens is 1. The van der Waals surface area contributed by atoms with Crippen LogP contribution in [0.1, 0.15) is 52.0 Å². The van der Waals surface area contributed by atoms with Crippen LogP contribution >= 0.6 is 11.6 Å². The normalized spacial score (nSPS) is 13.7. The van der Waals surface area contributed by atoms with Gasteiger partial charge in [-0.05, 0) is 61.6 Å². The van der Waals surface area contributed by atoms with Crippen molar-refractivity contribution >= 4 is 29.0 Å². The molecular formula is C18H16ClNO2. The van der Waals surface area contributed by atoms with Gasteiger partial charge in [-0.2, -0.15) is 0 Å². The Kier molecular flexibility index (Phi) is 3.99. The second kappa shape index (κ2) is 5.93. The third-order valence-electron chi connectivity index (χ3n) is 3.83. The molecule has 3 nitrogen and oxygen atoms in total. The first-order chi connectivity index (χ1) is 10.5. The van der Waals surface area contributed by atoms with Crippen molar-refractivity contribution in [3.63, 3.8) is 0 Å². The van der Waals surface area contributed by atoms with Gasteiger partial charge in [0.1, 0.15) is 0 Å². The van der Waals surface area contributed by atoms with Gasteiger partial charge in [0.25, 0.3) is 5.91 Å². The maximum Gasteiger partial charge on any atom is 0.255 e. The van der Waals surface area contributed by atoms with Crippen molar-refractivity contribution in [1.82, 2.24) is 0 Å². The van der Waals surface area contributed by atoms with Crippen molar-refractivity contribution in [3.8, 4) is 0 Å². The van der Waals surface area contributed by atoms with Crippen LogP contribution < -0.4 is 5.32 Å². The average Bonchev–Trinajstić information content (AvgIpc) is 3.32. The van der Waals surface area contributed by atoms with Crippen molar-refractivity contribution in [2.45, 2.75) is 25.7 Å². The molecule has 0 aromatic heterocycles. The summed E-state index contributed by atoms with van der Waals surface area (Å²) in [5.74, 6) is 0.283. The van der Waals surface area contributed by atoms with Crippen molar-refractivity contribution in [3.05, 3.63) is 64.2 Å². The molecule has 0 aliphatic heterocycles. The van der Waals surface area contributed by atoms with Gasteiger partial charge in [0.15, 0.2) is 5.78 Å². The molecule has 0 radical (unpaired) electrons. The molecular weight excluding hydrogens is 298 g/mol. The predicted molar refractivity (Wildman–Crippen MR) is 87.8 cm³/mol. The minimum absolute atomic E-state index is 0.00987. The summed E-state index contributed by atoms with van der Waals surface area (Å²) >= 11 is 5.84. The molecule has 1 N–H and O–H groups in total. The monoisotopic (exact) mass is 313 g/mol. The molecule has 2 aromatic carbocycles. The standard InChI is InChI=1S/C18H16ClNO2/c1-11(21)14-6-9-16(12-2-3-12)17(10-14)20-18(22)13-4-7-15(19)8-5-13/h4-10,12H,2-3H2,1H3,(H,20,22). The summed E-state index contributed by atoms with van der Waals surface area (Å²) in [7, 11) is 0. The van der Waals surface area contributed by atoms with E-state index in [4.69, 9.17) is 11.6 Å². The van der Waals surface area contributed by atoms with Crippen LogP contribution in [0.3, 0.4) is 0 Å². The van der Waals surface area contributed by atoms with Crippen molar-refractivity contribution in [1.29, 1.82) is 0 Å². The zero-order valence-electron chi connectivity index (χ0n) is 12.2. The van der Waals surface area contributed by atoms with E-state index in [-0.39, 0.29) is 11.7 Å². The zero-order chi connectivity index (χ0) is 15.7. The average molecular weight is 314 g/mol. The number of anilines is 1. The molecule has 0 spiro atoms. The van der Waals surface area contributed by atoms with E-state index in [2.05, 4.69) is 5.32 Å². The fourth-order valence-electron chi connectivity index (χ4n) is 2.43. The van der Waals surface area contributed by atoms with Gasteiger partial charge in [-0.15, -0.1) is 0 Å². The van der Waals surface area contributed by atoms with Crippen LogP contribution in [-0.2, 0) is 0 Å². The Morgan fingerprint density at radius 1 is 1.05 bits per heavy atom. The highest BCUT2D eigenvalue weighted by atomic mass is 35.5. The van der Waals surface area contributed by atoms with E-state index < -0.39 is 0 Å². The number of benzene rings is 2. The second-order valence-electron chi connectivity index (χ2n) is 5.59. The summed E-state index contributed by atoms with van der Waals surface area (Å²) in [5.41, 5.74) is 2.98. The molecule has 0 atom stereocenters. The molecule has 0 bridgehead atoms. The van der Waals surface area contributed by atoms with Gasteiger partial charge >= 0.3 is 0 Å². The van der Waals surface area contributed by atoms with Crippen LogP contribution in [0.15, 0.2) is 42.5 Å². The number of rotatable bonds is 4. The van der Waals surface area contributed by atoms with Crippen LogP contribution in [0, 0.1) is 0 Å². The molecule has 0 heterocycles. The zero-order valence-corrected chi connectivity index (χ0v) is 13.0. The topological polar surface area (TPSA) is 46.2 Å². The van der Waals surface area contributed by atoms with Crippen LogP contribution in [0.25, 0.3) is 0 Å². The van der Waals surface area contributed by atoms with E-state index in [0.29, 0.717) is 22.1 Å². The summed E-state index contributed by atoms with van der Waals surface area (Å²) in [6.45, 7) is 1.52. The summed E-state index contributed by atoms with van der Waals surface area (Å²) in [6.07, 6.45) is 2.26.